The van der Waals surface area contributed by atoms with Gasteiger partial charge in [0.25, 0.3) is 0 Å². The molecule has 0 N–H and O–H groups in total. The van der Waals surface area contributed by atoms with E-state index in [2.05, 4.69) is 25.1 Å². The van der Waals surface area contributed by atoms with Crippen LogP contribution in [-0.4, -0.2) is 21.2 Å². The maximum absolute atomic E-state index is 2.43. The SMILES string of the molecule is CCCCCC/C=C(/SC)[Se]C. The van der Waals surface area contributed by atoms with Crippen LogP contribution in [0.1, 0.15) is 39.0 Å². The summed E-state index contributed by atoms with van der Waals surface area (Å²) in [7, 11) is 0. The monoisotopic (exact) mass is 252 g/mol. The van der Waals surface area contributed by atoms with Crippen molar-refractivity contribution in [2.45, 2.75) is 44.9 Å². The van der Waals surface area contributed by atoms with Gasteiger partial charge in [-0.25, -0.2) is 0 Å². The molecule has 0 radical (unpaired) electrons. The molecule has 0 rings (SSSR count). The zero-order valence-electron chi connectivity index (χ0n) is 8.43. The van der Waals surface area contributed by atoms with Gasteiger partial charge in [-0.2, -0.15) is 0 Å². The molecular weight excluding hydrogens is 231 g/mol. The Hall–Kier alpha value is 0.609. The first-order valence-electron chi connectivity index (χ1n) is 4.63. The Kier molecular flexibility index (Phi) is 10.2. The summed E-state index contributed by atoms with van der Waals surface area (Å²) in [6.45, 7) is 2.26. The van der Waals surface area contributed by atoms with E-state index in [9.17, 15) is 0 Å². The molecule has 0 unspecified atom stereocenters. The van der Waals surface area contributed by atoms with E-state index in [0.29, 0.717) is 15.0 Å². The molecular formula is C10H20SSe. The van der Waals surface area contributed by atoms with Crippen molar-refractivity contribution in [1.29, 1.82) is 0 Å². The molecule has 0 atom stereocenters. The Bertz CT molecular complexity index is 115. The Morgan fingerprint density at radius 3 is 2.58 bits per heavy atom. The molecule has 0 saturated carbocycles. The van der Waals surface area contributed by atoms with Crippen LogP contribution in [0.5, 0.6) is 0 Å². The number of hydrogen-bond acceptors (Lipinski definition) is 1. The fourth-order valence-corrected chi connectivity index (χ4v) is 3.14. The van der Waals surface area contributed by atoms with Crippen molar-refractivity contribution in [3.63, 3.8) is 0 Å². The molecule has 0 aliphatic heterocycles. The Balaban J connectivity index is 3.31. The Morgan fingerprint density at radius 1 is 1.33 bits per heavy atom. The van der Waals surface area contributed by atoms with E-state index >= 15 is 0 Å². The van der Waals surface area contributed by atoms with Crippen molar-refractivity contribution in [2.75, 3.05) is 6.26 Å². The molecule has 12 heavy (non-hydrogen) atoms. The third-order valence-electron chi connectivity index (χ3n) is 1.77. The summed E-state index contributed by atoms with van der Waals surface area (Å²) < 4.78 is 1.61. The maximum atomic E-state index is 2.43. The predicted molar refractivity (Wildman–Crippen MR) is 62.0 cm³/mol. The second-order valence-electron chi connectivity index (χ2n) is 2.78. The van der Waals surface area contributed by atoms with E-state index in [1.54, 1.807) is 3.80 Å². The van der Waals surface area contributed by atoms with Crippen molar-refractivity contribution >= 4 is 26.7 Å². The molecule has 0 aromatic carbocycles. The van der Waals surface area contributed by atoms with Crippen molar-refractivity contribution in [3.8, 4) is 0 Å². The van der Waals surface area contributed by atoms with Crippen molar-refractivity contribution < 1.29 is 0 Å². The van der Waals surface area contributed by atoms with Crippen LogP contribution in [0.2, 0.25) is 5.82 Å². The summed E-state index contributed by atoms with van der Waals surface area (Å²) in [5.41, 5.74) is 0. The van der Waals surface area contributed by atoms with E-state index in [0.717, 1.165) is 0 Å². The first-order chi connectivity index (χ1) is 5.85. The van der Waals surface area contributed by atoms with E-state index in [4.69, 9.17) is 0 Å². The number of rotatable bonds is 7. The topological polar surface area (TPSA) is 0 Å². The fourth-order valence-electron chi connectivity index (χ4n) is 1.04. The van der Waals surface area contributed by atoms with E-state index in [1.165, 1.54) is 32.1 Å². The van der Waals surface area contributed by atoms with Gasteiger partial charge in [0, 0.05) is 0 Å². The molecule has 0 saturated heterocycles. The van der Waals surface area contributed by atoms with Crippen LogP contribution in [0.15, 0.2) is 9.88 Å². The first-order valence-corrected chi connectivity index (χ1v) is 8.42. The number of hydrogen-bond donors (Lipinski definition) is 0. The van der Waals surface area contributed by atoms with Gasteiger partial charge in [0.15, 0.2) is 0 Å². The Morgan fingerprint density at radius 2 is 2.08 bits per heavy atom. The molecule has 0 aliphatic carbocycles. The zero-order chi connectivity index (χ0) is 9.23. The van der Waals surface area contributed by atoms with Crippen LogP contribution in [-0.2, 0) is 0 Å². The standard InChI is InChI=1S/C10H20SSe/c1-4-5-6-7-8-9-10(11-2)12-3/h9H,4-8H2,1-3H3/b10-9-. The predicted octanol–water partition coefficient (Wildman–Crippen LogP) is 3.91. The normalized spacial score (nSPS) is 12.1. The Labute approximate surface area is 87.7 Å². The van der Waals surface area contributed by atoms with Crippen LogP contribution in [0, 0.1) is 0 Å². The van der Waals surface area contributed by atoms with Crippen molar-refractivity contribution in [3.05, 3.63) is 9.88 Å². The second-order valence-corrected chi connectivity index (χ2v) is 5.99. The molecule has 72 valence electrons. The van der Waals surface area contributed by atoms with Gasteiger partial charge in [0.1, 0.15) is 0 Å². The molecule has 0 bridgehead atoms. The fraction of sp³-hybridized carbons (Fsp3) is 0.800. The van der Waals surface area contributed by atoms with Gasteiger partial charge in [0.05, 0.1) is 0 Å². The average Bonchev–Trinajstić information content (AvgIpc) is 2.11. The molecule has 0 fully saturated rings. The molecule has 2 heteroatoms. The number of allylic oxidation sites excluding steroid dienone is 1. The van der Waals surface area contributed by atoms with Gasteiger partial charge in [-0.3, -0.25) is 0 Å². The number of unbranched alkanes of at least 4 members (excludes halogenated alkanes) is 4. The third-order valence-corrected chi connectivity index (χ3v) is 5.45. The van der Waals surface area contributed by atoms with Crippen LogP contribution in [0.3, 0.4) is 0 Å². The molecule has 0 aliphatic rings. The van der Waals surface area contributed by atoms with E-state index < -0.39 is 0 Å². The number of thioether (sulfide) groups is 1. The van der Waals surface area contributed by atoms with E-state index in [1.807, 2.05) is 11.8 Å². The van der Waals surface area contributed by atoms with Crippen LogP contribution < -0.4 is 0 Å². The minimum absolute atomic E-state index is 0.712. The summed E-state index contributed by atoms with van der Waals surface area (Å²) in [5.74, 6) is 2.29. The van der Waals surface area contributed by atoms with Gasteiger partial charge >= 0.3 is 87.7 Å². The van der Waals surface area contributed by atoms with Gasteiger partial charge in [-0.05, 0) is 0 Å². The summed E-state index contributed by atoms with van der Waals surface area (Å²) in [6, 6.07) is 0. The van der Waals surface area contributed by atoms with Crippen molar-refractivity contribution in [2.24, 2.45) is 0 Å². The summed E-state index contributed by atoms with van der Waals surface area (Å²) >= 11 is 2.64. The summed E-state index contributed by atoms with van der Waals surface area (Å²) in [5, 5.41) is 0. The summed E-state index contributed by atoms with van der Waals surface area (Å²) in [6.07, 6.45) is 11.4. The first kappa shape index (κ1) is 12.6. The molecule has 0 aromatic rings. The molecule has 0 aromatic heterocycles. The third kappa shape index (κ3) is 7.27. The molecule has 0 spiro atoms. The van der Waals surface area contributed by atoms with Crippen LogP contribution in [0.25, 0.3) is 0 Å². The van der Waals surface area contributed by atoms with Gasteiger partial charge < -0.3 is 0 Å². The molecule has 0 heterocycles. The van der Waals surface area contributed by atoms with Gasteiger partial charge in [-0.1, -0.05) is 0 Å². The van der Waals surface area contributed by atoms with Crippen LogP contribution in [0.4, 0.5) is 0 Å². The van der Waals surface area contributed by atoms with Gasteiger partial charge in [-0.15, -0.1) is 0 Å². The van der Waals surface area contributed by atoms with Crippen LogP contribution >= 0.6 is 11.8 Å². The quantitative estimate of drug-likeness (QED) is 0.488. The average molecular weight is 251 g/mol. The minimum atomic E-state index is 0.712. The molecule has 0 nitrogen and oxygen atoms in total. The second kappa shape index (κ2) is 9.70. The molecule has 0 amide bonds. The van der Waals surface area contributed by atoms with Gasteiger partial charge in [0.2, 0.25) is 0 Å². The summed E-state index contributed by atoms with van der Waals surface area (Å²) in [4.78, 5) is 0. The van der Waals surface area contributed by atoms with E-state index in [-0.39, 0.29) is 0 Å². The van der Waals surface area contributed by atoms with Crippen molar-refractivity contribution in [1.82, 2.24) is 0 Å². The zero-order valence-corrected chi connectivity index (χ0v) is 11.0.